The Bertz CT molecular complexity index is 499. The Morgan fingerprint density at radius 2 is 1.86 bits per heavy atom. The summed E-state index contributed by atoms with van der Waals surface area (Å²) in [7, 11) is -3.15. The zero-order valence-corrected chi connectivity index (χ0v) is 12.8. The first-order chi connectivity index (χ1) is 9.87. The Morgan fingerprint density at radius 1 is 1.19 bits per heavy atom. The number of aliphatic carboxylic acids is 1. The summed E-state index contributed by atoms with van der Waals surface area (Å²) in [6.45, 7) is -0.361. The molecule has 7 nitrogen and oxygen atoms in total. The molecule has 1 aliphatic carbocycles. The van der Waals surface area contributed by atoms with E-state index in [2.05, 4.69) is 5.32 Å². The molecule has 8 heteroatoms. The molecule has 0 spiro atoms. The maximum absolute atomic E-state index is 12.2. The second-order valence-corrected chi connectivity index (χ2v) is 8.06. The van der Waals surface area contributed by atoms with Crippen molar-refractivity contribution in [3.8, 4) is 0 Å². The SMILES string of the molecule is O=C(O)CN(C(=O)CNC1CCCC1)C1CCS(=O)(=O)C1. The van der Waals surface area contributed by atoms with Gasteiger partial charge in [0.15, 0.2) is 9.84 Å². The van der Waals surface area contributed by atoms with Crippen LogP contribution in [0, 0.1) is 0 Å². The molecule has 1 heterocycles. The highest BCUT2D eigenvalue weighted by Gasteiger charge is 2.35. The average Bonchev–Trinajstić information content (AvgIpc) is 3.02. The Hall–Kier alpha value is -1.15. The molecule has 2 N–H and O–H groups in total. The van der Waals surface area contributed by atoms with E-state index in [1.807, 2.05) is 0 Å². The van der Waals surface area contributed by atoms with Gasteiger partial charge in [-0.3, -0.25) is 9.59 Å². The fraction of sp³-hybridized carbons (Fsp3) is 0.846. The van der Waals surface area contributed by atoms with Crippen molar-refractivity contribution in [1.82, 2.24) is 10.2 Å². The fourth-order valence-electron chi connectivity index (χ4n) is 3.05. The van der Waals surface area contributed by atoms with Gasteiger partial charge >= 0.3 is 5.97 Å². The van der Waals surface area contributed by atoms with Crippen molar-refractivity contribution in [2.75, 3.05) is 24.6 Å². The summed E-state index contributed by atoms with van der Waals surface area (Å²) in [6, 6.07) is -0.197. The number of carbonyl (C=O) groups excluding carboxylic acids is 1. The third-order valence-electron chi connectivity index (χ3n) is 4.17. The maximum Gasteiger partial charge on any atom is 0.323 e. The Balaban J connectivity index is 1.94. The Morgan fingerprint density at radius 3 is 2.38 bits per heavy atom. The lowest BCUT2D eigenvalue weighted by Crippen LogP contribution is -2.48. The summed E-state index contributed by atoms with van der Waals surface area (Å²) >= 11 is 0. The monoisotopic (exact) mass is 318 g/mol. The van der Waals surface area contributed by atoms with Gasteiger partial charge in [-0.2, -0.15) is 0 Å². The highest BCUT2D eigenvalue weighted by molar-refractivity contribution is 7.91. The Kier molecular flexibility index (Phi) is 5.21. The first-order valence-electron chi connectivity index (χ1n) is 7.32. The second kappa shape index (κ2) is 6.74. The van der Waals surface area contributed by atoms with Crippen molar-refractivity contribution in [2.24, 2.45) is 0 Å². The molecule has 1 saturated heterocycles. The highest BCUT2D eigenvalue weighted by Crippen LogP contribution is 2.19. The molecule has 1 unspecified atom stereocenters. The van der Waals surface area contributed by atoms with Gasteiger partial charge in [-0.15, -0.1) is 0 Å². The number of carbonyl (C=O) groups is 2. The lowest BCUT2D eigenvalue weighted by Gasteiger charge is -2.27. The number of sulfone groups is 1. The van der Waals surface area contributed by atoms with Gasteiger partial charge in [0.1, 0.15) is 6.54 Å². The van der Waals surface area contributed by atoms with Gasteiger partial charge in [-0.1, -0.05) is 12.8 Å². The molecule has 0 aromatic heterocycles. The smallest absolute Gasteiger partial charge is 0.323 e. The maximum atomic E-state index is 12.2. The number of nitrogens with one attached hydrogen (secondary N) is 1. The molecule has 0 aromatic carbocycles. The standard InChI is InChI=1S/C13H22N2O5S/c16-12(7-14-10-3-1-2-4-10)15(8-13(17)18)11-5-6-21(19,20)9-11/h10-11,14H,1-9H2,(H,17,18). The number of carboxylic acid groups (broad SMARTS) is 1. The molecule has 0 radical (unpaired) electrons. The van der Waals surface area contributed by atoms with E-state index in [1.165, 1.54) is 4.90 Å². The largest absolute Gasteiger partial charge is 0.480 e. The van der Waals surface area contributed by atoms with Gasteiger partial charge in [0.25, 0.3) is 0 Å². The normalized spacial score (nSPS) is 25.0. The molecule has 1 atom stereocenters. The van der Waals surface area contributed by atoms with Crippen molar-refractivity contribution >= 4 is 21.7 Å². The minimum absolute atomic E-state index is 0.0249. The van der Waals surface area contributed by atoms with E-state index in [4.69, 9.17) is 5.11 Å². The van der Waals surface area contributed by atoms with Crippen LogP contribution in [-0.2, 0) is 19.4 Å². The minimum atomic E-state index is -3.15. The Labute approximate surface area is 124 Å². The van der Waals surface area contributed by atoms with Gasteiger partial charge < -0.3 is 15.3 Å². The summed E-state index contributed by atoms with van der Waals surface area (Å²) < 4.78 is 23.0. The number of hydrogen-bond donors (Lipinski definition) is 2. The van der Waals surface area contributed by atoms with E-state index in [0.717, 1.165) is 25.7 Å². The molecule has 120 valence electrons. The predicted molar refractivity (Wildman–Crippen MR) is 76.7 cm³/mol. The third kappa shape index (κ3) is 4.67. The minimum Gasteiger partial charge on any atom is -0.480 e. The lowest BCUT2D eigenvalue weighted by molar-refractivity contribution is -0.145. The molecule has 0 aromatic rings. The third-order valence-corrected chi connectivity index (χ3v) is 5.92. The van der Waals surface area contributed by atoms with E-state index >= 15 is 0 Å². The summed E-state index contributed by atoms with van der Waals surface area (Å²) in [4.78, 5) is 24.4. The van der Waals surface area contributed by atoms with E-state index in [1.54, 1.807) is 0 Å². The number of rotatable bonds is 6. The van der Waals surface area contributed by atoms with Crippen molar-refractivity contribution in [1.29, 1.82) is 0 Å². The molecule has 2 fully saturated rings. The van der Waals surface area contributed by atoms with Crippen LogP contribution in [0.15, 0.2) is 0 Å². The van der Waals surface area contributed by atoms with Crippen LogP contribution in [0.5, 0.6) is 0 Å². The predicted octanol–water partition coefficient (Wildman–Crippen LogP) is -0.381. The zero-order valence-electron chi connectivity index (χ0n) is 12.0. The van der Waals surface area contributed by atoms with E-state index in [9.17, 15) is 18.0 Å². The van der Waals surface area contributed by atoms with Crippen LogP contribution >= 0.6 is 0 Å². The quantitative estimate of drug-likeness (QED) is 0.692. The molecule has 1 amide bonds. The van der Waals surface area contributed by atoms with Crippen molar-refractivity contribution in [3.05, 3.63) is 0 Å². The van der Waals surface area contributed by atoms with Crippen LogP contribution in [0.4, 0.5) is 0 Å². The first-order valence-corrected chi connectivity index (χ1v) is 9.14. The van der Waals surface area contributed by atoms with Crippen molar-refractivity contribution in [3.63, 3.8) is 0 Å². The van der Waals surface area contributed by atoms with E-state index < -0.39 is 28.4 Å². The van der Waals surface area contributed by atoms with Gasteiger partial charge in [-0.25, -0.2) is 8.42 Å². The molecule has 1 aliphatic heterocycles. The summed E-state index contributed by atoms with van der Waals surface area (Å²) in [6.07, 6.45) is 4.68. The van der Waals surface area contributed by atoms with Crippen LogP contribution in [-0.4, -0.2) is 67.0 Å². The number of nitrogens with zero attached hydrogens (tertiary/aromatic N) is 1. The van der Waals surface area contributed by atoms with Gasteiger partial charge in [0.2, 0.25) is 5.91 Å². The molecule has 2 aliphatic rings. The molecular formula is C13H22N2O5S. The van der Waals surface area contributed by atoms with E-state index in [0.29, 0.717) is 12.5 Å². The molecular weight excluding hydrogens is 296 g/mol. The molecule has 2 rings (SSSR count). The van der Waals surface area contributed by atoms with Crippen molar-refractivity contribution < 1.29 is 23.1 Å². The van der Waals surface area contributed by atoms with Crippen molar-refractivity contribution in [2.45, 2.75) is 44.2 Å². The van der Waals surface area contributed by atoms with Crippen LogP contribution < -0.4 is 5.32 Å². The summed E-state index contributed by atoms with van der Waals surface area (Å²) in [5, 5.41) is 12.1. The van der Waals surface area contributed by atoms with Gasteiger partial charge in [-0.05, 0) is 19.3 Å². The zero-order chi connectivity index (χ0) is 15.5. The molecule has 21 heavy (non-hydrogen) atoms. The van der Waals surface area contributed by atoms with Crippen LogP contribution in [0.3, 0.4) is 0 Å². The average molecular weight is 318 g/mol. The summed E-state index contributed by atoms with van der Waals surface area (Å²) in [5.41, 5.74) is 0. The summed E-state index contributed by atoms with van der Waals surface area (Å²) in [5.74, 6) is -1.55. The van der Waals surface area contributed by atoms with Gasteiger partial charge in [0.05, 0.1) is 18.1 Å². The second-order valence-electron chi connectivity index (χ2n) is 5.83. The molecule has 1 saturated carbocycles. The number of hydrogen-bond acceptors (Lipinski definition) is 5. The fourth-order valence-corrected chi connectivity index (χ4v) is 4.78. The highest BCUT2D eigenvalue weighted by atomic mass is 32.2. The van der Waals surface area contributed by atoms with E-state index in [-0.39, 0.29) is 24.0 Å². The van der Waals surface area contributed by atoms with Crippen LogP contribution in [0.2, 0.25) is 0 Å². The lowest BCUT2D eigenvalue weighted by atomic mass is 10.2. The van der Waals surface area contributed by atoms with Gasteiger partial charge in [0, 0.05) is 12.1 Å². The van der Waals surface area contributed by atoms with Crippen LogP contribution in [0.25, 0.3) is 0 Å². The number of amides is 1. The van der Waals surface area contributed by atoms with Crippen LogP contribution in [0.1, 0.15) is 32.1 Å². The first kappa shape index (κ1) is 16.2. The molecule has 0 bridgehead atoms. The topological polar surface area (TPSA) is 104 Å². The number of carboxylic acids is 1.